The smallest absolute Gasteiger partial charge is 0.282 e. The van der Waals surface area contributed by atoms with Crippen molar-refractivity contribution in [3.05, 3.63) is 21.0 Å². The van der Waals surface area contributed by atoms with Crippen molar-refractivity contribution in [1.82, 2.24) is 15.1 Å². The Morgan fingerprint density at radius 1 is 1.58 bits per heavy atom. The lowest BCUT2D eigenvalue weighted by Crippen LogP contribution is -2.46. The molecule has 6 heteroatoms. The van der Waals surface area contributed by atoms with Gasteiger partial charge in [0.25, 0.3) is 5.56 Å². The fraction of sp³-hybridized carbons (Fsp3) is 0.692. The minimum atomic E-state index is -0.0823. The van der Waals surface area contributed by atoms with Gasteiger partial charge in [-0.25, -0.2) is 4.68 Å². The van der Waals surface area contributed by atoms with Crippen LogP contribution in [0.4, 0.5) is 5.69 Å². The number of piperidine rings is 1. The summed E-state index contributed by atoms with van der Waals surface area (Å²) in [5, 5.41) is 7.67. The van der Waals surface area contributed by atoms with Crippen molar-refractivity contribution >= 4 is 21.6 Å². The highest BCUT2D eigenvalue weighted by Crippen LogP contribution is 2.24. The first kappa shape index (κ1) is 14.5. The van der Waals surface area contributed by atoms with E-state index >= 15 is 0 Å². The number of nitrogens with zero attached hydrogens (tertiary/aromatic N) is 3. The fourth-order valence-electron chi connectivity index (χ4n) is 2.43. The van der Waals surface area contributed by atoms with Gasteiger partial charge in [-0.2, -0.15) is 5.10 Å². The Hall–Kier alpha value is -0.880. The van der Waals surface area contributed by atoms with Crippen molar-refractivity contribution in [2.75, 3.05) is 24.5 Å². The van der Waals surface area contributed by atoms with Crippen LogP contribution in [0.5, 0.6) is 0 Å². The predicted molar refractivity (Wildman–Crippen MR) is 80.7 cm³/mol. The normalized spacial score (nSPS) is 19.7. The molecule has 5 nitrogen and oxygen atoms in total. The van der Waals surface area contributed by atoms with Crippen molar-refractivity contribution in [2.45, 2.75) is 32.2 Å². The van der Waals surface area contributed by atoms with Gasteiger partial charge in [0.05, 0.1) is 11.9 Å². The monoisotopic (exact) mass is 328 g/mol. The summed E-state index contributed by atoms with van der Waals surface area (Å²) in [4.78, 5) is 14.1. The molecule has 2 rings (SSSR count). The molecule has 106 valence electrons. The van der Waals surface area contributed by atoms with Crippen LogP contribution >= 0.6 is 15.9 Å². The van der Waals surface area contributed by atoms with Gasteiger partial charge in [-0.15, -0.1) is 0 Å². The molecule has 1 fully saturated rings. The molecule has 1 saturated heterocycles. The topological polar surface area (TPSA) is 50.2 Å². The van der Waals surface area contributed by atoms with E-state index in [1.54, 1.807) is 13.2 Å². The van der Waals surface area contributed by atoms with E-state index in [9.17, 15) is 4.79 Å². The molecule has 0 aromatic carbocycles. The van der Waals surface area contributed by atoms with E-state index in [2.05, 4.69) is 38.2 Å². The summed E-state index contributed by atoms with van der Waals surface area (Å²) in [5.41, 5.74) is 0.826. The number of aromatic nitrogens is 2. The molecule has 0 bridgehead atoms. The van der Waals surface area contributed by atoms with Crippen LogP contribution in [0.2, 0.25) is 0 Å². The second-order valence-electron chi connectivity index (χ2n) is 5.01. The van der Waals surface area contributed by atoms with Gasteiger partial charge in [-0.05, 0) is 41.7 Å². The predicted octanol–water partition coefficient (Wildman–Crippen LogP) is 1.51. The molecule has 1 atom stereocenters. The highest BCUT2D eigenvalue weighted by molar-refractivity contribution is 9.10. The average Bonchev–Trinajstić information content (AvgIpc) is 2.43. The summed E-state index contributed by atoms with van der Waals surface area (Å²) in [6, 6.07) is 0.504. The summed E-state index contributed by atoms with van der Waals surface area (Å²) < 4.78 is 1.96. The molecule has 0 saturated carbocycles. The highest BCUT2D eigenvalue weighted by Gasteiger charge is 2.22. The van der Waals surface area contributed by atoms with Crippen LogP contribution in [0.25, 0.3) is 0 Å². The van der Waals surface area contributed by atoms with Crippen LogP contribution in [0.3, 0.4) is 0 Å². The molecule has 0 amide bonds. The largest absolute Gasteiger partial charge is 0.368 e. The van der Waals surface area contributed by atoms with Gasteiger partial charge in [-0.3, -0.25) is 4.79 Å². The molecule has 19 heavy (non-hydrogen) atoms. The number of hydrogen-bond acceptors (Lipinski definition) is 4. The van der Waals surface area contributed by atoms with E-state index in [4.69, 9.17) is 0 Å². The maximum absolute atomic E-state index is 11.9. The molecule has 0 spiro atoms. The molecule has 1 aromatic heterocycles. The zero-order valence-electron chi connectivity index (χ0n) is 11.5. The van der Waals surface area contributed by atoms with E-state index in [1.807, 2.05) is 0 Å². The van der Waals surface area contributed by atoms with Crippen LogP contribution in [0.15, 0.2) is 15.5 Å². The Morgan fingerprint density at radius 3 is 3.11 bits per heavy atom. The first-order valence-electron chi connectivity index (χ1n) is 6.83. The zero-order chi connectivity index (χ0) is 13.8. The zero-order valence-corrected chi connectivity index (χ0v) is 13.1. The molecule has 0 aliphatic carbocycles. The van der Waals surface area contributed by atoms with Gasteiger partial charge in [0.1, 0.15) is 4.47 Å². The number of aryl methyl sites for hydroxylation is 1. The van der Waals surface area contributed by atoms with E-state index in [0.717, 1.165) is 38.2 Å². The van der Waals surface area contributed by atoms with Crippen molar-refractivity contribution < 1.29 is 0 Å². The van der Waals surface area contributed by atoms with Gasteiger partial charge >= 0.3 is 0 Å². The standard InChI is InChI=1S/C13H21BrN4O/c1-3-6-15-10-5-4-7-18(9-10)11-8-16-17(2)13(19)12(11)14/h8,10,15H,3-7,9H2,1-2H3. The van der Waals surface area contributed by atoms with Crippen LogP contribution in [-0.2, 0) is 7.05 Å². The lowest BCUT2D eigenvalue weighted by molar-refractivity contribution is 0.422. The summed E-state index contributed by atoms with van der Waals surface area (Å²) >= 11 is 3.40. The lowest BCUT2D eigenvalue weighted by Gasteiger charge is -2.35. The number of anilines is 1. The highest BCUT2D eigenvalue weighted by atomic mass is 79.9. The molecule has 1 aliphatic rings. The number of halogens is 1. The summed E-state index contributed by atoms with van der Waals surface area (Å²) in [7, 11) is 1.67. The quantitative estimate of drug-likeness (QED) is 0.910. The summed E-state index contributed by atoms with van der Waals surface area (Å²) in [6.07, 6.45) is 5.26. The molecular formula is C13H21BrN4O. The number of hydrogen-bond donors (Lipinski definition) is 1. The van der Waals surface area contributed by atoms with Crippen LogP contribution in [0, 0.1) is 0 Å². The van der Waals surface area contributed by atoms with Gasteiger partial charge in [-0.1, -0.05) is 6.92 Å². The second kappa shape index (κ2) is 6.52. The minimum Gasteiger partial charge on any atom is -0.368 e. The van der Waals surface area contributed by atoms with Crippen molar-refractivity contribution in [3.8, 4) is 0 Å². The second-order valence-corrected chi connectivity index (χ2v) is 5.80. The van der Waals surface area contributed by atoms with Gasteiger partial charge < -0.3 is 10.2 Å². The van der Waals surface area contributed by atoms with Crippen LogP contribution < -0.4 is 15.8 Å². The summed E-state index contributed by atoms with van der Waals surface area (Å²) in [5.74, 6) is 0. The maximum atomic E-state index is 11.9. The SMILES string of the molecule is CCCNC1CCCN(c2cnn(C)c(=O)c2Br)C1. The molecule has 1 unspecified atom stereocenters. The fourth-order valence-corrected chi connectivity index (χ4v) is 3.04. The third-order valence-corrected chi connectivity index (χ3v) is 4.25. The van der Waals surface area contributed by atoms with E-state index < -0.39 is 0 Å². The summed E-state index contributed by atoms with van der Waals surface area (Å²) in [6.45, 7) is 5.15. The Morgan fingerprint density at radius 2 is 2.37 bits per heavy atom. The minimum absolute atomic E-state index is 0.0823. The number of nitrogens with one attached hydrogen (secondary N) is 1. The first-order chi connectivity index (χ1) is 9.13. The average molecular weight is 329 g/mol. The molecular weight excluding hydrogens is 308 g/mol. The lowest BCUT2D eigenvalue weighted by atomic mass is 10.1. The first-order valence-corrected chi connectivity index (χ1v) is 7.63. The van der Waals surface area contributed by atoms with E-state index in [-0.39, 0.29) is 5.56 Å². The molecule has 2 heterocycles. The Bertz CT molecular complexity index is 488. The van der Waals surface area contributed by atoms with Crippen LogP contribution in [0.1, 0.15) is 26.2 Å². The van der Waals surface area contributed by atoms with Crippen LogP contribution in [-0.4, -0.2) is 35.5 Å². The maximum Gasteiger partial charge on any atom is 0.282 e. The third-order valence-electron chi connectivity index (χ3n) is 3.50. The van der Waals surface area contributed by atoms with Crippen molar-refractivity contribution in [1.29, 1.82) is 0 Å². The van der Waals surface area contributed by atoms with Crippen molar-refractivity contribution in [3.63, 3.8) is 0 Å². The Kier molecular flexibility index (Phi) is 4.99. The third kappa shape index (κ3) is 3.36. The Balaban J connectivity index is 2.13. The number of rotatable bonds is 4. The van der Waals surface area contributed by atoms with Gasteiger partial charge in [0.15, 0.2) is 0 Å². The van der Waals surface area contributed by atoms with E-state index in [0.29, 0.717) is 10.5 Å². The molecule has 0 radical (unpaired) electrons. The van der Waals surface area contributed by atoms with E-state index in [1.165, 1.54) is 11.1 Å². The molecule has 1 aromatic rings. The van der Waals surface area contributed by atoms with Gasteiger partial charge in [0.2, 0.25) is 0 Å². The Labute approximate surface area is 122 Å². The van der Waals surface area contributed by atoms with Crippen molar-refractivity contribution in [2.24, 2.45) is 7.05 Å². The molecule has 1 aliphatic heterocycles. The van der Waals surface area contributed by atoms with Gasteiger partial charge in [0, 0.05) is 26.2 Å². The molecule has 1 N–H and O–H groups in total.